The van der Waals surface area contributed by atoms with E-state index in [1.807, 2.05) is 12.1 Å². The van der Waals surface area contributed by atoms with E-state index in [1.165, 1.54) is 5.56 Å². The van der Waals surface area contributed by atoms with Crippen molar-refractivity contribution in [1.82, 2.24) is 0 Å². The minimum atomic E-state index is -0.0960. The average Bonchev–Trinajstić information content (AvgIpc) is 2.72. The molecule has 0 aromatic heterocycles. The number of benzene rings is 2. The van der Waals surface area contributed by atoms with Crippen LogP contribution in [0.2, 0.25) is 0 Å². The first kappa shape index (κ1) is 18.9. The van der Waals surface area contributed by atoms with E-state index in [9.17, 15) is 10.1 Å². The van der Waals surface area contributed by atoms with Crippen molar-refractivity contribution < 1.29 is 14.3 Å². The largest absolute Gasteiger partial charge is 0.497 e. The molecular formula is C22H24N2O3. The van der Waals surface area contributed by atoms with Crippen LogP contribution < -0.4 is 10.1 Å². The van der Waals surface area contributed by atoms with Gasteiger partial charge >= 0.3 is 0 Å². The SMILES string of the molecule is COc1ccc(C2(CNc3cc(C#N)ccc3C(C)=O)CCOCC2)cc1. The molecule has 0 radical (unpaired) electrons. The third-order valence-electron chi connectivity index (χ3n) is 5.30. The predicted octanol–water partition coefficient (Wildman–Crippen LogP) is 3.93. The number of carbonyl (C=O) groups excluding carboxylic acids is 1. The van der Waals surface area contributed by atoms with Crippen LogP contribution in [0.1, 0.15) is 41.3 Å². The van der Waals surface area contributed by atoms with E-state index < -0.39 is 0 Å². The fourth-order valence-corrected chi connectivity index (χ4v) is 3.61. The van der Waals surface area contributed by atoms with Crippen molar-refractivity contribution >= 4 is 11.5 Å². The zero-order valence-corrected chi connectivity index (χ0v) is 15.7. The van der Waals surface area contributed by atoms with Gasteiger partial charge in [-0.25, -0.2) is 0 Å². The van der Waals surface area contributed by atoms with Crippen LogP contribution in [0.25, 0.3) is 0 Å². The van der Waals surface area contributed by atoms with Gasteiger partial charge in [-0.1, -0.05) is 12.1 Å². The van der Waals surface area contributed by atoms with Crippen LogP contribution in [-0.2, 0) is 10.2 Å². The lowest BCUT2D eigenvalue weighted by Crippen LogP contribution is -2.40. The van der Waals surface area contributed by atoms with Crippen molar-refractivity contribution in [2.75, 3.05) is 32.2 Å². The summed E-state index contributed by atoms with van der Waals surface area (Å²) in [5.41, 5.74) is 2.97. The smallest absolute Gasteiger partial charge is 0.161 e. The Balaban J connectivity index is 1.90. The summed E-state index contributed by atoms with van der Waals surface area (Å²) in [6.45, 7) is 3.61. The average molecular weight is 364 g/mol. The number of rotatable bonds is 6. The second-order valence-corrected chi connectivity index (χ2v) is 6.90. The number of ether oxygens (including phenoxy) is 2. The first-order chi connectivity index (χ1) is 13.1. The molecule has 0 spiro atoms. The molecule has 1 fully saturated rings. The maximum absolute atomic E-state index is 12.0. The van der Waals surface area contributed by atoms with Crippen molar-refractivity contribution in [3.8, 4) is 11.8 Å². The Bertz CT molecular complexity index is 847. The Morgan fingerprint density at radius 2 is 1.93 bits per heavy atom. The molecule has 140 valence electrons. The van der Waals surface area contributed by atoms with Gasteiger partial charge in [0.05, 0.1) is 18.7 Å². The summed E-state index contributed by atoms with van der Waals surface area (Å²) in [7, 11) is 1.66. The lowest BCUT2D eigenvalue weighted by atomic mass is 9.74. The summed E-state index contributed by atoms with van der Waals surface area (Å²) >= 11 is 0. The van der Waals surface area contributed by atoms with Gasteiger partial charge in [-0.15, -0.1) is 0 Å². The molecular weight excluding hydrogens is 340 g/mol. The number of Topliss-reactive ketones (excluding diaryl/α,β-unsaturated/α-hetero) is 1. The van der Waals surface area contributed by atoms with Crippen LogP contribution in [0.4, 0.5) is 5.69 Å². The second kappa shape index (κ2) is 8.24. The summed E-state index contributed by atoms with van der Waals surface area (Å²) in [4.78, 5) is 12.0. The van der Waals surface area contributed by atoms with Crippen LogP contribution in [0.5, 0.6) is 5.75 Å². The van der Waals surface area contributed by atoms with Crippen LogP contribution in [0, 0.1) is 11.3 Å². The van der Waals surface area contributed by atoms with Crippen LogP contribution >= 0.6 is 0 Å². The molecule has 1 aliphatic heterocycles. The third kappa shape index (κ3) is 4.12. The maximum atomic E-state index is 12.0. The minimum Gasteiger partial charge on any atom is -0.497 e. The number of anilines is 1. The molecule has 1 aliphatic rings. The molecule has 1 N–H and O–H groups in total. The van der Waals surface area contributed by atoms with Crippen LogP contribution in [0.3, 0.4) is 0 Å². The van der Waals surface area contributed by atoms with Gasteiger partial charge in [0.1, 0.15) is 5.75 Å². The topological polar surface area (TPSA) is 71.3 Å². The van der Waals surface area contributed by atoms with Gasteiger partial charge in [0.2, 0.25) is 0 Å². The van der Waals surface area contributed by atoms with Crippen LogP contribution in [0.15, 0.2) is 42.5 Å². The number of carbonyl (C=O) groups is 1. The molecule has 3 rings (SSSR count). The Morgan fingerprint density at radius 3 is 2.52 bits per heavy atom. The Morgan fingerprint density at radius 1 is 1.22 bits per heavy atom. The molecule has 5 nitrogen and oxygen atoms in total. The molecule has 0 unspecified atom stereocenters. The highest BCUT2D eigenvalue weighted by molar-refractivity contribution is 5.99. The molecule has 0 aliphatic carbocycles. The molecule has 0 amide bonds. The van der Waals surface area contributed by atoms with Crippen molar-refractivity contribution in [3.63, 3.8) is 0 Å². The van der Waals surface area contributed by atoms with E-state index in [0.29, 0.717) is 36.6 Å². The summed E-state index contributed by atoms with van der Waals surface area (Å²) in [6.07, 6.45) is 1.78. The fourth-order valence-electron chi connectivity index (χ4n) is 3.61. The Labute approximate surface area is 159 Å². The monoisotopic (exact) mass is 364 g/mol. The molecule has 27 heavy (non-hydrogen) atoms. The van der Waals surface area contributed by atoms with E-state index >= 15 is 0 Å². The normalized spacial score (nSPS) is 15.6. The van der Waals surface area contributed by atoms with Crippen LogP contribution in [-0.4, -0.2) is 32.7 Å². The van der Waals surface area contributed by atoms with Crippen molar-refractivity contribution in [1.29, 1.82) is 5.26 Å². The molecule has 0 bridgehead atoms. The lowest BCUT2D eigenvalue weighted by Gasteiger charge is -2.38. The van der Waals surface area contributed by atoms with E-state index in [1.54, 1.807) is 32.2 Å². The second-order valence-electron chi connectivity index (χ2n) is 6.90. The summed E-state index contributed by atoms with van der Waals surface area (Å²) in [6, 6.07) is 15.4. The van der Waals surface area contributed by atoms with E-state index in [0.717, 1.165) is 18.6 Å². The van der Waals surface area contributed by atoms with E-state index in [2.05, 4.69) is 23.5 Å². The molecule has 2 aromatic rings. The first-order valence-corrected chi connectivity index (χ1v) is 9.09. The quantitative estimate of drug-likeness (QED) is 0.787. The standard InChI is InChI=1S/C22H24N2O3/c1-16(25)20-8-3-17(14-23)13-21(20)24-15-22(9-11-27-12-10-22)18-4-6-19(26-2)7-5-18/h3-8,13,24H,9-12,15H2,1-2H3. The first-order valence-electron chi connectivity index (χ1n) is 9.09. The highest BCUT2D eigenvalue weighted by Crippen LogP contribution is 2.36. The molecule has 1 saturated heterocycles. The van der Waals surface area contributed by atoms with Gasteiger partial charge in [0, 0.05) is 36.4 Å². The number of methoxy groups -OCH3 is 1. The lowest BCUT2D eigenvalue weighted by molar-refractivity contribution is 0.0543. The summed E-state index contributed by atoms with van der Waals surface area (Å²) < 4.78 is 10.9. The number of hydrogen-bond donors (Lipinski definition) is 1. The van der Waals surface area contributed by atoms with Gasteiger partial charge in [-0.2, -0.15) is 5.26 Å². The molecule has 1 heterocycles. The van der Waals surface area contributed by atoms with Gasteiger partial charge in [-0.05, 0) is 55.7 Å². The number of nitrogens with zero attached hydrogens (tertiary/aromatic N) is 1. The number of ketones is 1. The fraction of sp³-hybridized carbons (Fsp3) is 0.364. The van der Waals surface area contributed by atoms with Gasteiger partial charge in [0.15, 0.2) is 5.78 Å². The number of hydrogen-bond acceptors (Lipinski definition) is 5. The predicted molar refractivity (Wildman–Crippen MR) is 104 cm³/mol. The van der Waals surface area contributed by atoms with Crippen molar-refractivity contribution in [3.05, 3.63) is 59.2 Å². The van der Waals surface area contributed by atoms with Gasteiger partial charge < -0.3 is 14.8 Å². The zero-order chi connectivity index (χ0) is 19.3. The van der Waals surface area contributed by atoms with Gasteiger partial charge in [0.25, 0.3) is 0 Å². The highest BCUT2D eigenvalue weighted by atomic mass is 16.5. The zero-order valence-electron chi connectivity index (χ0n) is 15.7. The highest BCUT2D eigenvalue weighted by Gasteiger charge is 2.34. The number of nitriles is 1. The van der Waals surface area contributed by atoms with E-state index in [-0.39, 0.29) is 11.2 Å². The molecule has 5 heteroatoms. The molecule has 0 atom stereocenters. The van der Waals surface area contributed by atoms with Gasteiger partial charge in [-0.3, -0.25) is 4.79 Å². The Kier molecular flexibility index (Phi) is 5.78. The maximum Gasteiger partial charge on any atom is 0.161 e. The summed E-state index contributed by atoms with van der Waals surface area (Å²) in [5.74, 6) is 0.807. The van der Waals surface area contributed by atoms with E-state index in [4.69, 9.17) is 9.47 Å². The third-order valence-corrected chi connectivity index (χ3v) is 5.30. The van der Waals surface area contributed by atoms with Crippen molar-refractivity contribution in [2.24, 2.45) is 0 Å². The minimum absolute atomic E-state index is 0.0209. The number of nitrogens with one attached hydrogen (secondary N) is 1. The summed E-state index contributed by atoms with van der Waals surface area (Å²) in [5, 5.41) is 12.6. The molecule has 2 aromatic carbocycles. The molecule has 0 saturated carbocycles. The Hall–Kier alpha value is -2.84. The van der Waals surface area contributed by atoms with Crippen molar-refractivity contribution in [2.45, 2.75) is 25.2 Å².